The van der Waals surface area contributed by atoms with Gasteiger partial charge in [0.05, 0.1) is 5.41 Å². The van der Waals surface area contributed by atoms with E-state index in [1.54, 1.807) is 0 Å². The van der Waals surface area contributed by atoms with Gasteiger partial charge in [-0.1, -0.05) is 46.8 Å². The fourth-order valence-corrected chi connectivity index (χ4v) is 11.8. The molecular weight excluding hydrogens is 420 g/mol. The number of carbonyl (C=O) groups is 1. The summed E-state index contributed by atoms with van der Waals surface area (Å²) in [6, 6.07) is 0. The lowest BCUT2D eigenvalue weighted by molar-refractivity contribution is -0.247. The predicted molar refractivity (Wildman–Crippen MR) is 137 cm³/mol. The van der Waals surface area contributed by atoms with E-state index in [-0.39, 0.29) is 27.6 Å². The summed E-state index contributed by atoms with van der Waals surface area (Å²) in [7, 11) is 0. The highest BCUT2D eigenvalue weighted by Crippen LogP contribution is 2.77. The Balaban J connectivity index is 1.56. The molecule has 0 aromatic heterocycles. The molecule has 11 atom stereocenters. The van der Waals surface area contributed by atoms with E-state index in [9.17, 15) is 15.0 Å². The van der Waals surface area contributed by atoms with Crippen molar-refractivity contribution in [1.82, 2.24) is 0 Å². The van der Waals surface area contributed by atoms with Gasteiger partial charge in [0.2, 0.25) is 0 Å². The first kappa shape index (κ1) is 24.8. The third-order valence-corrected chi connectivity index (χ3v) is 14.1. The number of rotatable bonds is 3. The standard InChI is InChI=1S/C31H50O3/c1-19(2)21-11-15-31(26(33)34)17-16-29(6)22(25(21)31)8-9-24-27(4)13-10-20(3)28(5,18-32)23(27)12-14-30(24,29)7/h20-25,32H,1,8-18H2,2-7H3,(H,33,34)/t20-,21-,22?,23?,24?,25?,27-,28+,29+,30+,31-/m0/s1. The topological polar surface area (TPSA) is 57.5 Å². The lowest BCUT2D eigenvalue weighted by Gasteiger charge is -2.73. The maximum Gasteiger partial charge on any atom is 0.309 e. The van der Waals surface area contributed by atoms with Crippen molar-refractivity contribution in [3.63, 3.8) is 0 Å². The number of aliphatic hydroxyl groups is 1. The molecule has 0 saturated heterocycles. The lowest BCUT2D eigenvalue weighted by atomic mass is 9.32. The second-order valence-electron chi connectivity index (χ2n) is 14.8. The Morgan fingerprint density at radius 3 is 2.21 bits per heavy atom. The van der Waals surface area contributed by atoms with Gasteiger partial charge in [0.15, 0.2) is 0 Å². The highest BCUT2D eigenvalue weighted by molar-refractivity contribution is 5.76. The molecule has 5 rings (SSSR count). The molecule has 3 heteroatoms. The van der Waals surface area contributed by atoms with Crippen LogP contribution in [0.4, 0.5) is 0 Å². The Morgan fingerprint density at radius 2 is 1.59 bits per heavy atom. The van der Waals surface area contributed by atoms with Crippen LogP contribution in [0.15, 0.2) is 12.2 Å². The smallest absolute Gasteiger partial charge is 0.309 e. The molecule has 0 aliphatic heterocycles. The van der Waals surface area contributed by atoms with Crippen molar-refractivity contribution < 1.29 is 15.0 Å². The van der Waals surface area contributed by atoms with Crippen LogP contribution in [-0.2, 0) is 4.79 Å². The van der Waals surface area contributed by atoms with Gasteiger partial charge in [-0.15, -0.1) is 0 Å². The Bertz CT molecular complexity index is 880. The summed E-state index contributed by atoms with van der Waals surface area (Å²) < 4.78 is 0. The second kappa shape index (κ2) is 7.59. The van der Waals surface area contributed by atoms with Gasteiger partial charge in [-0.25, -0.2) is 0 Å². The van der Waals surface area contributed by atoms with E-state index in [4.69, 9.17) is 0 Å². The first-order valence-electron chi connectivity index (χ1n) is 14.3. The molecule has 0 spiro atoms. The SMILES string of the molecule is C=C(C)[C@@H]1CC[C@]2(C(=O)O)CC[C@]3(C)C(CCC4[C@@]5(C)CC[C@H](C)[C@@](C)(CO)C5CC[C@]43C)C12. The van der Waals surface area contributed by atoms with Crippen molar-refractivity contribution in [1.29, 1.82) is 0 Å². The minimum Gasteiger partial charge on any atom is -0.481 e. The normalized spacial score (nSPS) is 56.6. The molecule has 2 N–H and O–H groups in total. The number of hydrogen-bond acceptors (Lipinski definition) is 2. The van der Waals surface area contributed by atoms with Crippen LogP contribution in [0.3, 0.4) is 0 Å². The number of aliphatic hydroxyl groups excluding tert-OH is 1. The number of allylic oxidation sites excluding steroid dienone is 1. The van der Waals surface area contributed by atoms with E-state index >= 15 is 0 Å². The molecule has 5 saturated carbocycles. The van der Waals surface area contributed by atoms with Crippen LogP contribution in [0.5, 0.6) is 0 Å². The van der Waals surface area contributed by atoms with Gasteiger partial charge in [0.1, 0.15) is 0 Å². The number of aliphatic carboxylic acids is 1. The van der Waals surface area contributed by atoms with Crippen molar-refractivity contribution in [2.75, 3.05) is 6.61 Å². The van der Waals surface area contributed by atoms with Crippen molar-refractivity contribution in [3.05, 3.63) is 12.2 Å². The first-order valence-corrected chi connectivity index (χ1v) is 14.3. The van der Waals surface area contributed by atoms with Gasteiger partial charge in [-0.05, 0) is 128 Å². The zero-order chi connectivity index (χ0) is 24.9. The van der Waals surface area contributed by atoms with Gasteiger partial charge in [0.25, 0.3) is 0 Å². The maximum atomic E-state index is 12.8. The van der Waals surface area contributed by atoms with E-state index in [1.165, 1.54) is 44.1 Å². The fourth-order valence-electron chi connectivity index (χ4n) is 11.8. The Hall–Kier alpha value is -0.830. The summed E-state index contributed by atoms with van der Waals surface area (Å²) in [6.07, 6.45) is 11.1. The van der Waals surface area contributed by atoms with E-state index in [2.05, 4.69) is 48.1 Å². The summed E-state index contributed by atoms with van der Waals surface area (Å²) in [5.74, 6) is 2.39. The Morgan fingerprint density at radius 1 is 0.882 bits per heavy atom. The van der Waals surface area contributed by atoms with Crippen molar-refractivity contribution in [2.45, 2.75) is 106 Å². The number of carboxylic acid groups (broad SMARTS) is 1. The number of carboxylic acids is 1. The first-order chi connectivity index (χ1) is 15.8. The molecular formula is C31H50O3. The molecule has 5 aliphatic carbocycles. The molecule has 0 heterocycles. The lowest BCUT2D eigenvalue weighted by Crippen LogP contribution is -2.67. The molecule has 5 aliphatic rings. The minimum absolute atomic E-state index is 0.0214. The van der Waals surface area contributed by atoms with E-state index < -0.39 is 11.4 Å². The molecule has 0 bridgehead atoms. The summed E-state index contributed by atoms with van der Waals surface area (Å²) in [4.78, 5) is 12.8. The maximum absolute atomic E-state index is 12.8. The summed E-state index contributed by atoms with van der Waals surface area (Å²) in [5.41, 5.74) is 1.40. The summed E-state index contributed by atoms with van der Waals surface area (Å²) in [5, 5.41) is 21.1. The van der Waals surface area contributed by atoms with Crippen molar-refractivity contribution in [2.24, 2.45) is 62.6 Å². The zero-order valence-electron chi connectivity index (χ0n) is 22.8. The monoisotopic (exact) mass is 470 g/mol. The van der Waals surface area contributed by atoms with Crippen LogP contribution in [0, 0.1) is 62.6 Å². The molecule has 5 fully saturated rings. The average Bonchev–Trinajstić information content (AvgIpc) is 3.18. The number of hydrogen-bond donors (Lipinski definition) is 2. The average molecular weight is 471 g/mol. The van der Waals surface area contributed by atoms with Gasteiger partial charge in [-0.2, -0.15) is 0 Å². The van der Waals surface area contributed by atoms with Crippen molar-refractivity contribution in [3.8, 4) is 0 Å². The summed E-state index contributed by atoms with van der Waals surface area (Å²) >= 11 is 0. The van der Waals surface area contributed by atoms with E-state index in [1.807, 2.05) is 0 Å². The van der Waals surface area contributed by atoms with Crippen molar-refractivity contribution >= 4 is 5.97 Å². The fraction of sp³-hybridized carbons (Fsp3) is 0.903. The van der Waals surface area contributed by atoms with Crippen LogP contribution in [0.1, 0.15) is 106 Å². The highest BCUT2D eigenvalue weighted by Gasteiger charge is 2.72. The van der Waals surface area contributed by atoms with Gasteiger partial charge < -0.3 is 10.2 Å². The zero-order valence-corrected chi connectivity index (χ0v) is 22.8. The Kier molecular flexibility index (Phi) is 5.55. The number of fused-ring (bicyclic) bond motifs is 7. The predicted octanol–water partition coefficient (Wildman–Crippen LogP) is 7.34. The van der Waals surface area contributed by atoms with Gasteiger partial charge in [0, 0.05) is 6.61 Å². The molecule has 192 valence electrons. The molecule has 4 unspecified atom stereocenters. The van der Waals surface area contributed by atoms with Gasteiger partial charge in [-0.3, -0.25) is 4.79 Å². The molecule has 0 aromatic carbocycles. The third-order valence-electron chi connectivity index (χ3n) is 14.1. The quantitative estimate of drug-likeness (QED) is 0.424. The van der Waals surface area contributed by atoms with Crippen LogP contribution in [0.25, 0.3) is 0 Å². The van der Waals surface area contributed by atoms with Crippen LogP contribution < -0.4 is 0 Å². The van der Waals surface area contributed by atoms with Crippen LogP contribution in [-0.4, -0.2) is 22.8 Å². The summed E-state index contributed by atoms with van der Waals surface area (Å²) in [6.45, 7) is 19.3. The second-order valence-corrected chi connectivity index (χ2v) is 14.8. The highest BCUT2D eigenvalue weighted by atomic mass is 16.4. The van der Waals surface area contributed by atoms with Gasteiger partial charge >= 0.3 is 5.97 Å². The molecule has 0 aromatic rings. The molecule has 0 amide bonds. The Labute approximate surface area is 208 Å². The molecule has 34 heavy (non-hydrogen) atoms. The van der Waals surface area contributed by atoms with E-state index in [0.717, 1.165) is 25.7 Å². The van der Waals surface area contributed by atoms with E-state index in [0.29, 0.717) is 36.2 Å². The molecule has 0 radical (unpaired) electrons. The largest absolute Gasteiger partial charge is 0.481 e. The van der Waals surface area contributed by atoms with Crippen LogP contribution >= 0.6 is 0 Å². The minimum atomic E-state index is -0.536. The third kappa shape index (κ3) is 2.77. The molecule has 3 nitrogen and oxygen atoms in total. The van der Waals surface area contributed by atoms with Crippen LogP contribution in [0.2, 0.25) is 0 Å².